The number of carbonyl (C=O) groups is 1. The number of hydrogen-bond donors (Lipinski definition) is 1. The maximum absolute atomic E-state index is 12.3. The van der Waals surface area contributed by atoms with Crippen LogP contribution in [0.4, 0.5) is 0 Å². The first-order chi connectivity index (χ1) is 14.6. The van der Waals surface area contributed by atoms with Gasteiger partial charge in [-0.2, -0.15) is 0 Å². The Kier molecular flexibility index (Phi) is 7.10. The van der Waals surface area contributed by atoms with Gasteiger partial charge in [0.1, 0.15) is 5.03 Å². The van der Waals surface area contributed by atoms with E-state index in [1.165, 1.54) is 11.8 Å². The van der Waals surface area contributed by atoms with Gasteiger partial charge in [0.15, 0.2) is 0 Å². The average molecular weight is 461 g/mol. The van der Waals surface area contributed by atoms with Gasteiger partial charge >= 0.3 is 0 Å². The molecule has 8 heteroatoms. The SMILES string of the molecule is O=C(CSc1cnc2ccccc2n1)NCC1CCN(Cc2ccc(Cl)c(Cl)c2)C1. The second-order valence-corrected chi connectivity index (χ2v) is 9.24. The average Bonchev–Trinajstić information content (AvgIpc) is 3.20. The molecular formula is C22H22Cl2N4OS. The molecule has 2 aromatic carbocycles. The molecule has 1 saturated heterocycles. The van der Waals surface area contributed by atoms with Gasteiger partial charge in [0, 0.05) is 19.6 Å². The number of halogens is 2. The van der Waals surface area contributed by atoms with Gasteiger partial charge in [0.2, 0.25) is 5.91 Å². The van der Waals surface area contributed by atoms with Crippen molar-refractivity contribution in [2.24, 2.45) is 5.92 Å². The van der Waals surface area contributed by atoms with E-state index < -0.39 is 0 Å². The molecule has 1 aromatic heterocycles. The predicted molar refractivity (Wildman–Crippen MR) is 123 cm³/mol. The molecule has 0 bridgehead atoms. The summed E-state index contributed by atoms with van der Waals surface area (Å²) in [6.07, 6.45) is 2.79. The molecule has 4 rings (SSSR count). The Bertz CT molecular complexity index is 1050. The van der Waals surface area contributed by atoms with Crippen LogP contribution < -0.4 is 5.32 Å². The van der Waals surface area contributed by atoms with Gasteiger partial charge in [-0.1, -0.05) is 53.2 Å². The number of carbonyl (C=O) groups excluding carboxylic acids is 1. The summed E-state index contributed by atoms with van der Waals surface area (Å²) >= 11 is 13.5. The van der Waals surface area contributed by atoms with Gasteiger partial charge in [0.05, 0.1) is 33.0 Å². The van der Waals surface area contributed by atoms with E-state index in [0.717, 1.165) is 47.7 Å². The molecule has 1 aliphatic rings. The van der Waals surface area contributed by atoms with Gasteiger partial charge in [-0.15, -0.1) is 0 Å². The number of para-hydroxylation sites is 2. The Morgan fingerprint density at radius 3 is 2.83 bits per heavy atom. The number of rotatable bonds is 7. The maximum atomic E-state index is 12.3. The molecule has 30 heavy (non-hydrogen) atoms. The number of fused-ring (bicyclic) bond motifs is 1. The molecule has 2 heterocycles. The highest BCUT2D eigenvalue weighted by Crippen LogP contribution is 2.25. The van der Waals surface area contributed by atoms with Gasteiger partial charge in [-0.25, -0.2) is 4.98 Å². The van der Waals surface area contributed by atoms with Crippen molar-refractivity contribution in [2.75, 3.05) is 25.4 Å². The Morgan fingerprint density at radius 2 is 2.00 bits per heavy atom. The molecule has 156 valence electrons. The first kappa shape index (κ1) is 21.4. The second-order valence-electron chi connectivity index (χ2n) is 7.43. The highest BCUT2D eigenvalue weighted by Gasteiger charge is 2.23. The molecule has 1 aliphatic heterocycles. The molecule has 1 atom stereocenters. The number of amides is 1. The van der Waals surface area contributed by atoms with Gasteiger partial charge in [-0.3, -0.25) is 14.7 Å². The lowest BCUT2D eigenvalue weighted by molar-refractivity contribution is -0.118. The Morgan fingerprint density at radius 1 is 1.17 bits per heavy atom. The van der Waals surface area contributed by atoms with Crippen LogP contribution in [0.2, 0.25) is 10.0 Å². The number of likely N-dealkylation sites (tertiary alicyclic amines) is 1. The lowest BCUT2D eigenvalue weighted by atomic mass is 10.1. The lowest BCUT2D eigenvalue weighted by Crippen LogP contribution is -2.32. The van der Waals surface area contributed by atoms with Crippen molar-refractivity contribution in [3.05, 3.63) is 64.3 Å². The summed E-state index contributed by atoms with van der Waals surface area (Å²) in [5.74, 6) is 0.826. The van der Waals surface area contributed by atoms with Crippen molar-refractivity contribution in [2.45, 2.75) is 18.0 Å². The minimum atomic E-state index is 0.0258. The topological polar surface area (TPSA) is 58.1 Å². The van der Waals surface area contributed by atoms with E-state index in [1.54, 1.807) is 6.20 Å². The van der Waals surface area contributed by atoms with E-state index in [1.807, 2.05) is 42.5 Å². The predicted octanol–water partition coefficient (Wildman–Crippen LogP) is 4.67. The Labute approximate surface area is 190 Å². The quantitative estimate of drug-likeness (QED) is 0.519. The van der Waals surface area contributed by atoms with Crippen LogP contribution in [0.3, 0.4) is 0 Å². The van der Waals surface area contributed by atoms with Gasteiger partial charge in [-0.05, 0) is 48.7 Å². The van der Waals surface area contributed by atoms with Crippen LogP contribution in [-0.2, 0) is 11.3 Å². The van der Waals surface area contributed by atoms with Crippen LogP contribution in [0.15, 0.2) is 53.7 Å². The van der Waals surface area contributed by atoms with Crippen LogP contribution in [0.5, 0.6) is 0 Å². The van der Waals surface area contributed by atoms with E-state index in [0.29, 0.717) is 28.3 Å². The van der Waals surface area contributed by atoms with Gasteiger partial charge in [0.25, 0.3) is 0 Å². The zero-order valence-electron chi connectivity index (χ0n) is 16.4. The molecule has 0 saturated carbocycles. The third kappa shape index (κ3) is 5.64. The molecule has 0 aliphatic carbocycles. The first-order valence-corrected chi connectivity index (χ1v) is 11.6. The molecule has 1 unspecified atom stereocenters. The van der Waals surface area contributed by atoms with E-state index in [2.05, 4.69) is 20.2 Å². The summed E-state index contributed by atoms with van der Waals surface area (Å²) in [6.45, 7) is 3.52. The molecule has 0 radical (unpaired) electrons. The molecular weight excluding hydrogens is 439 g/mol. The lowest BCUT2D eigenvalue weighted by Gasteiger charge is -2.17. The molecule has 3 aromatic rings. The largest absolute Gasteiger partial charge is 0.355 e. The molecule has 0 spiro atoms. The zero-order valence-corrected chi connectivity index (χ0v) is 18.7. The van der Waals surface area contributed by atoms with E-state index in [9.17, 15) is 4.79 Å². The molecule has 1 amide bonds. The Hall–Kier alpha value is -1.86. The van der Waals surface area contributed by atoms with E-state index in [4.69, 9.17) is 23.2 Å². The summed E-state index contributed by atoms with van der Waals surface area (Å²) in [6, 6.07) is 13.5. The number of nitrogens with zero attached hydrogens (tertiary/aromatic N) is 3. The maximum Gasteiger partial charge on any atom is 0.230 e. The fourth-order valence-electron chi connectivity index (χ4n) is 3.58. The molecule has 5 nitrogen and oxygen atoms in total. The number of hydrogen-bond acceptors (Lipinski definition) is 5. The van der Waals surface area contributed by atoms with Crippen LogP contribution in [0.25, 0.3) is 11.0 Å². The van der Waals surface area contributed by atoms with Crippen LogP contribution >= 0.6 is 35.0 Å². The standard InChI is InChI=1S/C22H22Cl2N4OS/c23-17-6-5-15(9-18(17)24)12-28-8-7-16(13-28)10-26-21(29)14-30-22-11-25-19-3-1-2-4-20(19)27-22/h1-6,9,11,16H,7-8,10,12-14H2,(H,26,29). The van der Waals surface area contributed by atoms with Crippen molar-refractivity contribution in [1.82, 2.24) is 20.2 Å². The summed E-state index contributed by atoms with van der Waals surface area (Å²) in [7, 11) is 0. The zero-order chi connectivity index (χ0) is 20.9. The third-order valence-electron chi connectivity index (χ3n) is 5.13. The summed E-state index contributed by atoms with van der Waals surface area (Å²) in [4.78, 5) is 23.6. The first-order valence-electron chi connectivity index (χ1n) is 9.84. The normalized spacial score (nSPS) is 16.8. The van der Waals surface area contributed by atoms with Crippen molar-refractivity contribution >= 4 is 51.9 Å². The van der Waals surface area contributed by atoms with Crippen molar-refractivity contribution in [3.8, 4) is 0 Å². The second kappa shape index (κ2) is 9.96. The van der Waals surface area contributed by atoms with E-state index in [-0.39, 0.29) is 5.91 Å². The van der Waals surface area contributed by atoms with Crippen LogP contribution in [0, 0.1) is 5.92 Å². The highest BCUT2D eigenvalue weighted by molar-refractivity contribution is 7.99. The minimum Gasteiger partial charge on any atom is -0.355 e. The van der Waals surface area contributed by atoms with Gasteiger partial charge < -0.3 is 5.32 Å². The minimum absolute atomic E-state index is 0.0258. The van der Waals surface area contributed by atoms with E-state index >= 15 is 0 Å². The van der Waals surface area contributed by atoms with Crippen molar-refractivity contribution in [3.63, 3.8) is 0 Å². The monoisotopic (exact) mass is 460 g/mol. The number of nitrogens with one attached hydrogen (secondary N) is 1. The summed E-state index contributed by atoms with van der Waals surface area (Å²) < 4.78 is 0. The number of benzene rings is 2. The number of aromatic nitrogens is 2. The molecule has 1 N–H and O–H groups in total. The molecule has 1 fully saturated rings. The Balaban J connectivity index is 1.20. The highest BCUT2D eigenvalue weighted by atomic mass is 35.5. The fourth-order valence-corrected chi connectivity index (χ4v) is 4.57. The number of thioether (sulfide) groups is 1. The van der Waals surface area contributed by atoms with Crippen LogP contribution in [0.1, 0.15) is 12.0 Å². The van der Waals surface area contributed by atoms with Crippen LogP contribution in [-0.4, -0.2) is 46.2 Å². The fraction of sp³-hybridized carbons (Fsp3) is 0.318. The summed E-state index contributed by atoms with van der Waals surface area (Å²) in [5.41, 5.74) is 2.86. The third-order valence-corrected chi connectivity index (χ3v) is 6.76. The van der Waals surface area contributed by atoms with Crippen molar-refractivity contribution < 1.29 is 4.79 Å². The van der Waals surface area contributed by atoms with Crippen molar-refractivity contribution in [1.29, 1.82) is 0 Å². The smallest absolute Gasteiger partial charge is 0.230 e. The summed E-state index contributed by atoms with van der Waals surface area (Å²) in [5, 5.41) is 4.99.